The predicted octanol–water partition coefficient (Wildman–Crippen LogP) is -0.113. The summed E-state index contributed by atoms with van der Waals surface area (Å²) >= 11 is 0. The number of rotatable bonds is 10. The second kappa shape index (κ2) is 11.5. The van der Waals surface area contributed by atoms with Gasteiger partial charge >= 0.3 is 6.03 Å². The van der Waals surface area contributed by atoms with E-state index in [1.807, 2.05) is 27.7 Å². The standard InChI is InChI=1S/C29H45N7O6/c1-5-7-18(21(37)25(40)30-16-9-10-16)32-23(38)20-14-29(34-24(39)19-8-6-13-36(19)29)15-35(20)26(41)22(28(2,3)4)33-27(42)31-17-11-12-17/h16-20,22H,5-15H2,1-4H3,(H,30,40)(H,32,38)(H,34,39)(H2,31,33,42)/t18?,19?,20-,22+,29?/m0/s1. The van der Waals surface area contributed by atoms with Crippen molar-refractivity contribution in [1.82, 2.24) is 36.4 Å². The molecule has 5 rings (SSSR count). The molecule has 0 aromatic rings. The van der Waals surface area contributed by atoms with Crippen LogP contribution in [-0.2, 0) is 24.0 Å². The van der Waals surface area contributed by atoms with Gasteiger partial charge in [0, 0.05) is 25.0 Å². The van der Waals surface area contributed by atoms with Crippen LogP contribution < -0.4 is 26.6 Å². The lowest BCUT2D eigenvalue weighted by atomic mass is 9.85. The summed E-state index contributed by atoms with van der Waals surface area (Å²) in [6.07, 6.45) is 5.95. The van der Waals surface area contributed by atoms with E-state index in [0.29, 0.717) is 19.4 Å². The fourth-order valence-electron chi connectivity index (χ4n) is 6.46. The second-order valence-corrected chi connectivity index (χ2v) is 13.7. The number of carbonyl (C=O) groups excluding carboxylic acids is 6. The van der Waals surface area contributed by atoms with Crippen LogP contribution in [-0.4, -0.2) is 100 Å². The highest BCUT2D eigenvalue weighted by atomic mass is 16.2. The maximum atomic E-state index is 14.3. The van der Waals surface area contributed by atoms with E-state index in [9.17, 15) is 28.8 Å². The Labute approximate surface area is 246 Å². The minimum Gasteiger partial charge on any atom is -0.347 e. The zero-order chi connectivity index (χ0) is 30.4. The molecule has 13 heteroatoms. The number of nitrogens with one attached hydrogen (secondary N) is 5. The smallest absolute Gasteiger partial charge is 0.315 e. The molecular weight excluding hydrogens is 542 g/mol. The number of Topliss-reactive ketones (excluding diaryl/α,β-unsaturated/α-hetero) is 1. The Kier molecular flexibility index (Phi) is 8.25. The first-order valence-electron chi connectivity index (χ1n) is 15.4. The van der Waals surface area contributed by atoms with Crippen LogP contribution in [0.25, 0.3) is 0 Å². The highest BCUT2D eigenvalue weighted by Gasteiger charge is 2.61. The Morgan fingerprint density at radius 1 is 1.00 bits per heavy atom. The lowest BCUT2D eigenvalue weighted by molar-refractivity contribution is -0.144. The third-order valence-electron chi connectivity index (χ3n) is 9.03. The van der Waals surface area contributed by atoms with Gasteiger partial charge in [-0.25, -0.2) is 4.79 Å². The summed E-state index contributed by atoms with van der Waals surface area (Å²) in [4.78, 5) is 83.0. The average molecular weight is 588 g/mol. The summed E-state index contributed by atoms with van der Waals surface area (Å²) in [5.74, 6) is -2.53. The SMILES string of the molecule is CCCC(NC(=O)[C@@H]1CC2(CN1C(=O)[C@@H](NC(=O)NC1CC1)C(C)(C)C)NC(=O)C1CCCN12)C(=O)C(=O)NC1CC1. The Balaban J connectivity index is 1.40. The molecule has 3 unspecified atom stereocenters. The molecule has 0 aromatic heterocycles. The van der Waals surface area contributed by atoms with Crippen LogP contribution in [0, 0.1) is 5.41 Å². The molecule has 2 aliphatic carbocycles. The topological polar surface area (TPSA) is 169 Å². The van der Waals surface area contributed by atoms with E-state index >= 15 is 0 Å². The van der Waals surface area contributed by atoms with Crippen LogP contribution in [0.4, 0.5) is 4.79 Å². The first kappa shape index (κ1) is 30.2. The molecule has 232 valence electrons. The molecule has 5 fully saturated rings. The van der Waals surface area contributed by atoms with Gasteiger partial charge in [-0.15, -0.1) is 0 Å². The number of urea groups is 1. The van der Waals surface area contributed by atoms with Gasteiger partial charge in [-0.2, -0.15) is 0 Å². The van der Waals surface area contributed by atoms with E-state index in [2.05, 4.69) is 31.5 Å². The number of fused-ring (bicyclic) bond motifs is 2. The highest BCUT2D eigenvalue weighted by molar-refractivity contribution is 6.38. The summed E-state index contributed by atoms with van der Waals surface area (Å²) in [5.41, 5.74) is -1.62. The van der Waals surface area contributed by atoms with Crippen molar-refractivity contribution in [3.8, 4) is 0 Å². The molecule has 3 heterocycles. The molecule has 6 amide bonds. The third kappa shape index (κ3) is 6.25. The van der Waals surface area contributed by atoms with Gasteiger partial charge in [0.15, 0.2) is 0 Å². The van der Waals surface area contributed by atoms with Crippen LogP contribution >= 0.6 is 0 Å². The van der Waals surface area contributed by atoms with E-state index in [-0.39, 0.29) is 43.4 Å². The summed E-state index contributed by atoms with van der Waals surface area (Å²) < 4.78 is 0. The fourth-order valence-corrected chi connectivity index (χ4v) is 6.46. The Morgan fingerprint density at radius 3 is 2.29 bits per heavy atom. The largest absolute Gasteiger partial charge is 0.347 e. The molecule has 13 nitrogen and oxygen atoms in total. The highest BCUT2D eigenvalue weighted by Crippen LogP contribution is 2.41. The Hall–Kier alpha value is -3.22. The number of nitrogens with zero attached hydrogens (tertiary/aromatic N) is 2. The number of hydrogen-bond acceptors (Lipinski definition) is 7. The van der Waals surface area contributed by atoms with Gasteiger partial charge in [-0.05, 0) is 50.4 Å². The van der Waals surface area contributed by atoms with Gasteiger partial charge < -0.3 is 31.5 Å². The number of carbonyl (C=O) groups is 6. The predicted molar refractivity (Wildman–Crippen MR) is 152 cm³/mol. The van der Waals surface area contributed by atoms with Crippen molar-refractivity contribution in [2.75, 3.05) is 13.1 Å². The zero-order valence-electron chi connectivity index (χ0n) is 25.1. The molecule has 3 aliphatic heterocycles. The average Bonchev–Trinajstić information content (AvgIpc) is 3.80. The lowest BCUT2D eigenvalue weighted by Crippen LogP contribution is -2.60. The summed E-state index contributed by atoms with van der Waals surface area (Å²) in [5, 5.41) is 14.3. The molecule has 3 saturated heterocycles. The molecule has 5 aliphatic rings. The van der Waals surface area contributed by atoms with Crippen LogP contribution in [0.5, 0.6) is 0 Å². The van der Waals surface area contributed by atoms with E-state index in [1.165, 1.54) is 4.90 Å². The molecule has 42 heavy (non-hydrogen) atoms. The van der Waals surface area contributed by atoms with Gasteiger partial charge in [-0.1, -0.05) is 34.1 Å². The van der Waals surface area contributed by atoms with E-state index in [1.54, 1.807) is 0 Å². The van der Waals surface area contributed by atoms with Gasteiger partial charge in [0.1, 0.15) is 17.7 Å². The second-order valence-electron chi connectivity index (χ2n) is 13.7. The maximum absolute atomic E-state index is 14.3. The Morgan fingerprint density at radius 2 is 1.67 bits per heavy atom. The molecule has 1 spiro atoms. The van der Waals surface area contributed by atoms with Gasteiger partial charge in [-0.3, -0.25) is 28.9 Å². The fraction of sp³-hybridized carbons (Fsp3) is 0.793. The molecule has 0 radical (unpaired) electrons. The quantitative estimate of drug-likeness (QED) is 0.222. The van der Waals surface area contributed by atoms with Crippen molar-refractivity contribution in [2.45, 2.75) is 127 Å². The minimum atomic E-state index is -1.03. The van der Waals surface area contributed by atoms with Crippen LogP contribution in [0.1, 0.15) is 85.5 Å². The number of likely N-dealkylation sites (tertiary alicyclic amines) is 1. The first-order chi connectivity index (χ1) is 19.8. The lowest BCUT2D eigenvalue weighted by Gasteiger charge is -2.36. The van der Waals surface area contributed by atoms with E-state index in [4.69, 9.17) is 0 Å². The summed E-state index contributed by atoms with van der Waals surface area (Å²) in [7, 11) is 0. The van der Waals surface area contributed by atoms with E-state index < -0.39 is 58.7 Å². The van der Waals surface area contributed by atoms with Gasteiger partial charge in [0.05, 0.1) is 18.6 Å². The summed E-state index contributed by atoms with van der Waals surface area (Å²) in [6, 6.07) is -3.66. The zero-order valence-corrected chi connectivity index (χ0v) is 25.1. The molecule has 0 aromatic carbocycles. The van der Waals surface area contributed by atoms with Crippen LogP contribution in [0.3, 0.4) is 0 Å². The molecule has 2 saturated carbocycles. The van der Waals surface area contributed by atoms with Crippen molar-refractivity contribution in [2.24, 2.45) is 5.41 Å². The van der Waals surface area contributed by atoms with Crippen molar-refractivity contribution < 1.29 is 28.8 Å². The van der Waals surface area contributed by atoms with Crippen LogP contribution in [0.2, 0.25) is 0 Å². The van der Waals surface area contributed by atoms with Crippen molar-refractivity contribution in [3.63, 3.8) is 0 Å². The monoisotopic (exact) mass is 587 g/mol. The molecular formula is C29H45N7O6. The number of hydrogen-bond donors (Lipinski definition) is 5. The summed E-state index contributed by atoms with van der Waals surface area (Å²) in [6.45, 7) is 8.12. The minimum absolute atomic E-state index is 0.000521. The first-order valence-corrected chi connectivity index (χ1v) is 15.4. The van der Waals surface area contributed by atoms with Crippen molar-refractivity contribution in [3.05, 3.63) is 0 Å². The molecule has 5 atom stereocenters. The number of amides is 6. The van der Waals surface area contributed by atoms with Gasteiger partial charge in [0.2, 0.25) is 23.5 Å². The van der Waals surface area contributed by atoms with Crippen LogP contribution in [0.15, 0.2) is 0 Å². The maximum Gasteiger partial charge on any atom is 0.315 e. The van der Waals surface area contributed by atoms with Gasteiger partial charge in [0.25, 0.3) is 5.91 Å². The number of ketones is 1. The third-order valence-corrected chi connectivity index (χ3v) is 9.03. The van der Waals surface area contributed by atoms with Crippen molar-refractivity contribution in [1.29, 1.82) is 0 Å². The Bertz CT molecular complexity index is 1150. The van der Waals surface area contributed by atoms with Crippen molar-refractivity contribution >= 4 is 35.4 Å². The normalized spacial score (nSPS) is 28.6. The molecule has 0 bridgehead atoms. The molecule has 5 N–H and O–H groups in total. The van der Waals surface area contributed by atoms with E-state index in [0.717, 1.165) is 32.1 Å².